The maximum Gasteiger partial charge on any atom is 0.337 e. The number of aromatic amines is 1. The first-order valence-electron chi connectivity index (χ1n) is 3.58. The molecule has 1 aromatic heterocycles. The molecule has 2 N–H and O–H groups in total. The van der Waals surface area contributed by atoms with Crippen molar-refractivity contribution >= 4 is 5.97 Å². The lowest BCUT2D eigenvalue weighted by Gasteiger charge is -2.08. The summed E-state index contributed by atoms with van der Waals surface area (Å²) in [6, 6.07) is 0. The largest absolute Gasteiger partial charge is 0.479 e. The van der Waals surface area contributed by atoms with Crippen molar-refractivity contribution in [3.63, 3.8) is 0 Å². The predicted molar refractivity (Wildman–Crippen MR) is 40.6 cm³/mol. The zero-order valence-electron chi connectivity index (χ0n) is 6.65. The molecule has 0 amide bonds. The van der Waals surface area contributed by atoms with Crippen LogP contribution in [0.5, 0.6) is 0 Å². The van der Waals surface area contributed by atoms with Gasteiger partial charge >= 0.3 is 5.97 Å². The molecule has 12 heavy (non-hydrogen) atoms. The van der Waals surface area contributed by atoms with Crippen LogP contribution in [-0.2, 0) is 9.53 Å². The SMILES string of the molecule is CCOC(C(=O)O)c1cn[nH]c1. The molecule has 1 atom stereocenters. The van der Waals surface area contributed by atoms with Crippen LogP contribution in [-0.4, -0.2) is 27.9 Å². The van der Waals surface area contributed by atoms with Crippen molar-refractivity contribution in [2.45, 2.75) is 13.0 Å². The molecule has 0 aliphatic carbocycles. The van der Waals surface area contributed by atoms with Gasteiger partial charge in [-0.3, -0.25) is 5.10 Å². The summed E-state index contributed by atoms with van der Waals surface area (Å²) in [5.41, 5.74) is 0.532. The number of carboxylic acid groups (broad SMARTS) is 1. The second-order valence-electron chi connectivity index (χ2n) is 2.21. The standard InChI is InChI=1S/C7H10N2O3/c1-2-12-6(7(10)11)5-3-8-9-4-5/h3-4,6H,2H2,1H3,(H,8,9)(H,10,11). The Morgan fingerprint density at radius 3 is 3.08 bits per heavy atom. The summed E-state index contributed by atoms with van der Waals surface area (Å²) in [7, 11) is 0. The topological polar surface area (TPSA) is 75.2 Å². The van der Waals surface area contributed by atoms with Crippen molar-refractivity contribution in [3.8, 4) is 0 Å². The second kappa shape index (κ2) is 3.87. The number of aromatic nitrogens is 2. The number of nitrogens with zero attached hydrogens (tertiary/aromatic N) is 1. The number of hydrogen-bond donors (Lipinski definition) is 2. The third kappa shape index (κ3) is 1.82. The van der Waals surface area contributed by atoms with Crippen LogP contribution in [0.25, 0.3) is 0 Å². The molecule has 0 aliphatic heterocycles. The number of carboxylic acids is 1. The van der Waals surface area contributed by atoms with Gasteiger partial charge in [0, 0.05) is 18.4 Å². The Labute approximate surface area is 69.4 Å². The van der Waals surface area contributed by atoms with E-state index >= 15 is 0 Å². The molecule has 0 bridgehead atoms. The highest BCUT2D eigenvalue weighted by atomic mass is 16.5. The molecule has 0 fully saturated rings. The Kier molecular flexibility index (Phi) is 2.82. The smallest absolute Gasteiger partial charge is 0.337 e. The normalized spacial score (nSPS) is 12.8. The van der Waals surface area contributed by atoms with E-state index in [9.17, 15) is 4.79 Å². The lowest BCUT2D eigenvalue weighted by molar-refractivity contribution is -0.150. The van der Waals surface area contributed by atoms with Gasteiger partial charge in [-0.05, 0) is 6.92 Å². The molecule has 0 spiro atoms. The average Bonchev–Trinajstić information content (AvgIpc) is 2.51. The van der Waals surface area contributed by atoms with Crippen LogP contribution in [0.4, 0.5) is 0 Å². The van der Waals surface area contributed by atoms with E-state index in [4.69, 9.17) is 9.84 Å². The van der Waals surface area contributed by atoms with Gasteiger partial charge in [0.1, 0.15) is 0 Å². The molecule has 0 saturated heterocycles. The Morgan fingerprint density at radius 1 is 1.92 bits per heavy atom. The summed E-state index contributed by atoms with van der Waals surface area (Å²) in [5, 5.41) is 14.9. The fraction of sp³-hybridized carbons (Fsp3) is 0.429. The number of ether oxygens (including phenoxy) is 1. The quantitative estimate of drug-likeness (QED) is 0.692. The van der Waals surface area contributed by atoms with E-state index in [2.05, 4.69) is 10.2 Å². The number of rotatable bonds is 4. The first-order chi connectivity index (χ1) is 5.75. The number of carbonyl (C=O) groups is 1. The summed E-state index contributed by atoms with van der Waals surface area (Å²) < 4.78 is 4.99. The molecule has 0 saturated carbocycles. The van der Waals surface area contributed by atoms with E-state index in [0.29, 0.717) is 12.2 Å². The minimum Gasteiger partial charge on any atom is -0.479 e. The molecule has 1 heterocycles. The molecule has 1 unspecified atom stereocenters. The second-order valence-corrected chi connectivity index (χ2v) is 2.21. The van der Waals surface area contributed by atoms with Crippen molar-refractivity contribution in [2.24, 2.45) is 0 Å². The lowest BCUT2D eigenvalue weighted by Crippen LogP contribution is -2.14. The highest BCUT2D eigenvalue weighted by Crippen LogP contribution is 2.15. The Balaban J connectivity index is 2.73. The number of aliphatic carboxylic acids is 1. The molecule has 5 heteroatoms. The average molecular weight is 170 g/mol. The minimum atomic E-state index is -1.00. The molecule has 0 aromatic carbocycles. The van der Waals surface area contributed by atoms with Crippen molar-refractivity contribution in [2.75, 3.05) is 6.61 Å². The first-order valence-corrected chi connectivity index (χ1v) is 3.58. The lowest BCUT2D eigenvalue weighted by atomic mass is 10.2. The Bertz CT molecular complexity index is 245. The molecular formula is C7H10N2O3. The number of nitrogens with one attached hydrogen (secondary N) is 1. The van der Waals surface area contributed by atoms with Gasteiger partial charge in [0.05, 0.1) is 6.20 Å². The van der Waals surface area contributed by atoms with Crippen LogP contribution in [0, 0.1) is 0 Å². The van der Waals surface area contributed by atoms with Crippen LogP contribution in [0.15, 0.2) is 12.4 Å². The van der Waals surface area contributed by atoms with Gasteiger partial charge in [-0.2, -0.15) is 5.10 Å². The zero-order valence-corrected chi connectivity index (χ0v) is 6.65. The van der Waals surface area contributed by atoms with Crippen LogP contribution >= 0.6 is 0 Å². The summed E-state index contributed by atoms with van der Waals surface area (Å²) in [4.78, 5) is 10.6. The molecule has 0 radical (unpaired) electrons. The Morgan fingerprint density at radius 2 is 2.67 bits per heavy atom. The summed E-state index contributed by atoms with van der Waals surface area (Å²) in [6.45, 7) is 2.11. The van der Waals surface area contributed by atoms with E-state index in [1.165, 1.54) is 12.4 Å². The molecule has 0 aliphatic rings. The van der Waals surface area contributed by atoms with Crippen LogP contribution in [0.3, 0.4) is 0 Å². The van der Waals surface area contributed by atoms with Gasteiger partial charge in [-0.15, -0.1) is 0 Å². The summed E-state index contributed by atoms with van der Waals surface area (Å²) in [5.74, 6) is -1.00. The third-order valence-corrected chi connectivity index (χ3v) is 1.38. The van der Waals surface area contributed by atoms with Crippen molar-refractivity contribution in [1.29, 1.82) is 0 Å². The predicted octanol–water partition coefficient (Wildman–Crippen LogP) is 0.572. The van der Waals surface area contributed by atoms with Crippen molar-refractivity contribution < 1.29 is 14.6 Å². The molecule has 66 valence electrons. The van der Waals surface area contributed by atoms with E-state index in [1.807, 2.05) is 0 Å². The van der Waals surface area contributed by atoms with E-state index < -0.39 is 12.1 Å². The highest BCUT2D eigenvalue weighted by Gasteiger charge is 2.20. The van der Waals surface area contributed by atoms with E-state index in [-0.39, 0.29) is 0 Å². The van der Waals surface area contributed by atoms with Crippen LogP contribution in [0.2, 0.25) is 0 Å². The minimum absolute atomic E-state index is 0.363. The van der Waals surface area contributed by atoms with Crippen molar-refractivity contribution in [3.05, 3.63) is 18.0 Å². The first kappa shape index (κ1) is 8.73. The fourth-order valence-electron chi connectivity index (χ4n) is 0.881. The van der Waals surface area contributed by atoms with Gasteiger partial charge in [-0.25, -0.2) is 4.79 Å². The van der Waals surface area contributed by atoms with E-state index in [1.54, 1.807) is 6.92 Å². The van der Waals surface area contributed by atoms with Gasteiger partial charge in [0.15, 0.2) is 6.10 Å². The number of hydrogen-bond acceptors (Lipinski definition) is 3. The van der Waals surface area contributed by atoms with Crippen molar-refractivity contribution in [1.82, 2.24) is 10.2 Å². The van der Waals surface area contributed by atoms with Gasteiger partial charge < -0.3 is 9.84 Å². The fourth-order valence-corrected chi connectivity index (χ4v) is 0.881. The molecule has 5 nitrogen and oxygen atoms in total. The number of H-pyrrole nitrogens is 1. The maximum atomic E-state index is 10.6. The van der Waals surface area contributed by atoms with Gasteiger partial charge in [-0.1, -0.05) is 0 Å². The van der Waals surface area contributed by atoms with Gasteiger partial charge in [0.25, 0.3) is 0 Å². The third-order valence-electron chi connectivity index (χ3n) is 1.38. The summed E-state index contributed by atoms with van der Waals surface area (Å²) >= 11 is 0. The van der Waals surface area contributed by atoms with E-state index in [0.717, 1.165) is 0 Å². The molecular weight excluding hydrogens is 160 g/mol. The molecule has 1 rings (SSSR count). The summed E-state index contributed by atoms with van der Waals surface area (Å²) in [6.07, 6.45) is 2.04. The molecule has 1 aromatic rings. The maximum absolute atomic E-state index is 10.6. The monoisotopic (exact) mass is 170 g/mol. The van der Waals surface area contributed by atoms with Gasteiger partial charge in [0.2, 0.25) is 0 Å². The van der Waals surface area contributed by atoms with Crippen LogP contribution < -0.4 is 0 Å². The zero-order chi connectivity index (χ0) is 8.97. The highest BCUT2D eigenvalue weighted by molar-refractivity contribution is 5.74. The Hall–Kier alpha value is -1.36. The van der Waals surface area contributed by atoms with Crippen LogP contribution in [0.1, 0.15) is 18.6 Å².